The number of carbonyl (C=O) groups excluding carboxylic acids is 1. The van der Waals surface area contributed by atoms with Gasteiger partial charge in [0.1, 0.15) is 8.84 Å². The quantitative estimate of drug-likeness (QED) is 0.431. The van der Waals surface area contributed by atoms with Crippen molar-refractivity contribution in [2.24, 2.45) is 11.4 Å². The molecule has 0 saturated heterocycles. The first-order chi connectivity index (χ1) is 7.53. The van der Waals surface area contributed by atoms with Gasteiger partial charge < -0.3 is 16.5 Å². The predicted molar refractivity (Wildman–Crippen MR) is 29.4 cm³/mol. The summed E-state index contributed by atoms with van der Waals surface area (Å²) in [6.07, 6.45) is -3.59. The standard InChI is InChI=1S/C4H8N2O3/c5-2(4(8)9)1-3(6)7/h2H,1,5H2,(H2,6,7)(H,8,9)/t2-/m0/s1/i1D2,2D/hD5. The number of carboxylic acid groups (broad SMARTS) is 1. The summed E-state index contributed by atoms with van der Waals surface area (Å²) >= 11 is 0. The molecule has 0 bridgehead atoms. The van der Waals surface area contributed by atoms with Crippen molar-refractivity contribution in [3.05, 3.63) is 0 Å². The lowest BCUT2D eigenvalue weighted by atomic mass is 10.2. The number of aliphatic carboxylic acids is 1. The van der Waals surface area contributed by atoms with E-state index < -0.39 is 35.7 Å². The van der Waals surface area contributed by atoms with E-state index in [0.29, 0.717) is 0 Å². The Hall–Kier alpha value is -1.10. The summed E-state index contributed by atoms with van der Waals surface area (Å²) in [6, 6.07) is -3.52. The topological polar surface area (TPSA) is 106 Å². The van der Waals surface area contributed by atoms with E-state index in [0.717, 1.165) is 0 Å². The molecule has 0 aromatic carbocycles. The summed E-state index contributed by atoms with van der Waals surface area (Å²) in [4.78, 5) is 22.2. The third-order valence-corrected chi connectivity index (χ3v) is 0.419. The van der Waals surface area contributed by atoms with Gasteiger partial charge in [-0.2, -0.15) is 0 Å². The lowest BCUT2D eigenvalue weighted by Crippen LogP contribution is -2.34. The van der Waals surface area contributed by atoms with Crippen molar-refractivity contribution < 1.29 is 24.5 Å². The number of hydrogen-bond acceptors (Lipinski definition) is 4. The molecule has 9 heavy (non-hydrogen) atoms. The second-order valence-electron chi connectivity index (χ2n) is 1.07. The van der Waals surface area contributed by atoms with Crippen molar-refractivity contribution in [1.29, 1.82) is 1.43 Å². The average molecular weight is 140 g/mol. The molecule has 1 amide bonds. The third kappa shape index (κ3) is 3.48. The molecule has 5 N–H and O–H groups in total. The van der Waals surface area contributed by atoms with Gasteiger partial charge >= 0.3 is 5.97 Å². The maximum atomic E-state index is 11.1. The van der Waals surface area contributed by atoms with Gasteiger partial charge in [-0.25, -0.2) is 0 Å². The molecule has 0 aliphatic heterocycles. The predicted octanol–water partition coefficient (Wildman–Crippen LogP) is -1.73. The van der Waals surface area contributed by atoms with Crippen LogP contribution < -0.4 is 11.4 Å². The maximum Gasteiger partial charge on any atom is 0.321 e. The molecule has 5 nitrogen and oxygen atoms in total. The van der Waals surface area contributed by atoms with Gasteiger partial charge in [0.2, 0.25) is 5.91 Å². The number of primary amides is 1. The van der Waals surface area contributed by atoms with E-state index in [4.69, 9.17) is 11.2 Å². The average Bonchev–Trinajstić information content (AvgIpc) is 2.24. The number of carboxylic acids is 1. The fourth-order valence-corrected chi connectivity index (χ4v) is 0.152. The summed E-state index contributed by atoms with van der Waals surface area (Å²) in [6.45, 7) is 0. The number of rotatable bonds is 4. The molecule has 0 saturated carbocycles. The van der Waals surface area contributed by atoms with Crippen LogP contribution in [0.5, 0.6) is 0 Å². The van der Waals surface area contributed by atoms with Crippen molar-refractivity contribution in [2.45, 2.75) is 12.4 Å². The van der Waals surface area contributed by atoms with Crippen LogP contribution in [0.1, 0.15) is 10.5 Å². The Kier molecular flexibility index (Phi) is 0.571. The van der Waals surface area contributed by atoms with Gasteiger partial charge in [-0.1, -0.05) is 0 Å². The highest BCUT2D eigenvalue weighted by molar-refractivity contribution is 5.82. The normalized spacial score (nSPS) is 29.9. The molecule has 0 unspecified atom stereocenters. The van der Waals surface area contributed by atoms with E-state index in [2.05, 4.69) is 5.11 Å². The van der Waals surface area contributed by atoms with Gasteiger partial charge in [-0.05, 0) is 0 Å². The Morgan fingerprint density at radius 2 is 2.89 bits per heavy atom. The fraction of sp³-hybridized carbons (Fsp3) is 0.500. The van der Waals surface area contributed by atoms with Crippen LogP contribution in [0.4, 0.5) is 0 Å². The molecule has 0 radical (unpaired) electrons. The van der Waals surface area contributed by atoms with E-state index in [-0.39, 0.29) is 0 Å². The van der Waals surface area contributed by atoms with Crippen LogP contribution >= 0.6 is 0 Å². The van der Waals surface area contributed by atoms with Gasteiger partial charge in [0.15, 0.2) is 2.82 Å². The van der Waals surface area contributed by atoms with Crippen molar-refractivity contribution in [1.82, 2.24) is 0 Å². The van der Waals surface area contributed by atoms with Crippen molar-refractivity contribution in [2.75, 3.05) is 0 Å². The molecule has 0 aromatic rings. The van der Waals surface area contributed by atoms with E-state index in [1.165, 1.54) is 0 Å². The van der Waals surface area contributed by atoms with E-state index in [1.54, 1.807) is 0 Å². The smallest absolute Gasteiger partial charge is 0.321 e. The minimum Gasteiger partial charge on any atom is -0.480 e. The Morgan fingerprint density at radius 3 is 3.33 bits per heavy atom. The van der Waals surface area contributed by atoms with Crippen molar-refractivity contribution in [3.8, 4) is 0 Å². The highest BCUT2D eigenvalue weighted by Crippen LogP contribution is 1.84. The van der Waals surface area contributed by atoms with Crippen LogP contribution in [-0.4, -0.2) is 23.0 Å². The van der Waals surface area contributed by atoms with Gasteiger partial charge in [0.25, 0.3) is 1.43 Å². The Morgan fingerprint density at radius 1 is 2.11 bits per heavy atom. The SMILES string of the molecule is [2H]OC(=O)[C@@]([2H])(N([2H])[2H])C([2H])([2H])C(=O)N([2H])[2H]. The zero-order valence-corrected chi connectivity index (χ0v) is 4.12. The van der Waals surface area contributed by atoms with Crippen LogP contribution in [0.2, 0.25) is 5.65 Å². The molecule has 0 rings (SSSR count). The van der Waals surface area contributed by atoms with E-state index in [9.17, 15) is 9.59 Å². The molecule has 52 valence electrons. The Balaban J connectivity index is 5.63. The molecule has 0 aromatic heterocycles. The van der Waals surface area contributed by atoms with Crippen LogP contribution in [0.3, 0.4) is 0 Å². The molecule has 5 heteroatoms. The third-order valence-electron chi connectivity index (χ3n) is 0.419. The second-order valence-corrected chi connectivity index (χ2v) is 1.07. The minimum absolute atomic E-state index is 0.732. The van der Waals surface area contributed by atoms with Crippen molar-refractivity contribution >= 4 is 11.9 Å². The molecule has 0 aliphatic rings. The van der Waals surface area contributed by atoms with Gasteiger partial charge in [0, 0.05) is 2.74 Å². The van der Waals surface area contributed by atoms with Crippen molar-refractivity contribution in [3.63, 3.8) is 0 Å². The fourth-order valence-electron chi connectivity index (χ4n) is 0.152. The molecular formula is C4H8N2O3. The summed E-state index contributed by atoms with van der Waals surface area (Å²) in [5.41, 5.74) is -1.50. The van der Waals surface area contributed by atoms with Crippen LogP contribution in [0.15, 0.2) is 0 Å². The summed E-state index contributed by atoms with van der Waals surface area (Å²) in [7, 11) is 0. The largest absolute Gasteiger partial charge is 0.480 e. The first-order valence-corrected chi connectivity index (χ1v) is 1.81. The molecule has 0 spiro atoms. The van der Waals surface area contributed by atoms with Crippen LogP contribution in [0, 0.1) is 0 Å². The van der Waals surface area contributed by atoms with Gasteiger partial charge in [0.05, 0.1) is 7.74 Å². The molecule has 0 fully saturated rings. The maximum absolute atomic E-state index is 11.1. The highest BCUT2D eigenvalue weighted by Gasteiger charge is 2.13. The summed E-state index contributed by atoms with van der Waals surface area (Å²) in [5.74, 6) is -3.95. The highest BCUT2D eigenvalue weighted by atomic mass is 16.4. The van der Waals surface area contributed by atoms with Crippen LogP contribution in [0.25, 0.3) is 1.43 Å². The number of amides is 1. The molecule has 0 aliphatic carbocycles. The lowest BCUT2D eigenvalue weighted by molar-refractivity contribution is -0.140. The lowest BCUT2D eigenvalue weighted by Gasteiger charge is -1.99. The monoisotopic (exact) mass is 140 g/mol. The first-order valence-electron chi connectivity index (χ1n) is 5.51. The zero-order chi connectivity index (χ0) is 14.0. The van der Waals surface area contributed by atoms with Crippen LogP contribution in [-0.2, 0) is 9.59 Å². The zero-order valence-electron chi connectivity index (χ0n) is 12.1. The second kappa shape index (κ2) is 3.03. The minimum atomic E-state index is -3.59. The molecule has 1 atom stereocenters. The Bertz CT molecular complexity index is 322. The summed E-state index contributed by atoms with van der Waals surface area (Å²) < 4.78 is 54.4. The Labute approximate surface area is 63.2 Å². The molecular weight excluding hydrogens is 124 g/mol. The molecule has 0 heterocycles. The first kappa shape index (κ1) is 1.69. The van der Waals surface area contributed by atoms with Gasteiger partial charge in [-0.15, -0.1) is 0 Å². The number of nitrogens with two attached hydrogens (primary N) is 2. The summed E-state index contributed by atoms with van der Waals surface area (Å²) in [5, 5.41) is 3.30. The number of carbonyl (C=O) groups is 2. The van der Waals surface area contributed by atoms with E-state index in [1.807, 2.05) is 0 Å². The van der Waals surface area contributed by atoms with Gasteiger partial charge in [-0.3, -0.25) is 9.59 Å². The number of hydrogen-bond donors (Lipinski definition) is 3. The van der Waals surface area contributed by atoms with E-state index >= 15 is 0 Å².